The molecular weight excluding hydrogens is 600 g/mol. The van der Waals surface area contributed by atoms with Crippen molar-refractivity contribution in [2.45, 2.75) is 22.8 Å². The van der Waals surface area contributed by atoms with Crippen LogP contribution in [0.1, 0.15) is 6.92 Å². The van der Waals surface area contributed by atoms with E-state index in [1.54, 1.807) is 6.92 Å². The molecule has 0 aliphatic carbocycles. The van der Waals surface area contributed by atoms with E-state index < -0.39 is 53.7 Å². The number of amidine groups is 1. The summed E-state index contributed by atoms with van der Waals surface area (Å²) in [7, 11) is -12.5. The molecule has 0 spiro atoms. The molecule has 39 heavy (non-hydrogen) atoms. The molecule has 1 aliphatic heterocycles. The Morgan fingerprint density at radius 1 is 1.00 bits per heavy atom. The number of sulfone groups is 1. The third kappa shape index (κ3) is 9.37. The van der Waals surface area contributed by atoms with Crippen molar-refractivity contribution >= 4 is 53.3 Å². The largest absolute Gasteiger partial charge is 1.00 e. The van der Waals surface area contributed by atoms with Crippen molar-refractivity contribution < 1.29 is 102 Å². The quantitative estimate of drug-likeness (QED) is 0.115. The van der Waals surface area contributed by atoms with Crippen molar-refractivity contribution in [3.8, 4) is 5.75 Å². The van der Waals surface area contributed by atoms with Crippen molar-refractivity contribution in [3.05, 3.63) is 42.5 Å². The molecular formula is C19H19N5Na2O10S3. The van der Waals surface area contributed by atoms with Gasteiger partial charge in [0, 0.05) is 0 Å². The molecule has 0 saturated heterocycles. The minimum absolute atomic E-state index is 0. The van der Waals surface area contributed by atoms with Crippen LogP contribution in [0, 0.1) is 5.41 Å². The number of nitrogens with zero attached hydrogens (tertiary/aromatic N) is 4. The van der Waals surface area contributed by atoms with E-state index in [-0.39, 0.29) is 81.3 Å². The molecule has 1 atom stereocenters. The van der Waals surface area contributed by atoms with Gasteiger partial charge < -0.3 is 13.8 Å². The van der Waals surface area contributed by atoms with Gasteiger partial charge in [-0.25, -0.2) is 30.3 Å². The molecule has 2 aromatic carbocycles. The van der Waals surface area contributed by atoms with Gasteiger partial charge in [-0.3, -0.25) is 9.59 Å². The minimum Gasteiger partial charge on any atom is -0.744 e. The van der Waals surface area contributed by atoms with E-state index in [0.29, 0.717) is 11.4 Å². The fourth-order valence-electron chi connectivity index (χ4n) is 3.09. The smallest absolute Gasteiger partial charge is 0.744 e. The first-order chi connectivity index (χ1) is 17.1. The third-order valence-corrected chi connectivity index (χ3v) is 7.86. The van der Waals surface area contributed by atoms with E-state index in [4.69, 9.17) is 10.1 Å². The zero-order chi connectivity index (χ0) is 27.6. The molecule has 1 N–H and O–H groups in total. The topological polar surface area (TPSA) is 231 Å². The number of hydrazone groups is 1. The Morgan fingerprint density at radius 3 is 2.13 bits per heavy atom. The standard InChI is InChI=1S/C19H21N5O10S3.2Na/c1-12-18(19(20)24(23-12)13-3-5-14(6-4-13)36(27,28)29)22-21-16-11-15(7-8-17(16)33-2)35(25,26)10-9-34-37(30,31)32;;/h3-8,11,18,20H,9-10H2,1-2H3,(H,27,28,29)(H,30,31,32);;/q;2*+1/p-2. The number of benzene rings is 2. The maximum absolute atomic E-state index is 12.5. The van der Waals surface area contributed by atoms with Crippen LogP contribution < -0.4 is 68.9 Å². The molecule has 1 unspecified atom stereocenters. The van der Waals surface area contributed by atoms with E-state index in [9.17, 15) is 34.4 Å². The normalized spacial score (nSPS) is 16.0. The van der Waals surface area contributed by atoms with E-state index in [0.717, 1.165) is 18.2 Å². The Labute approximate surface area is 269 Å². The molecule has 15 nitrogen and oxygen atoms in total. The van der Waals surface area contributed by atoms with Gasteiger partial charge in [-0.05, 0) is 49.4 Å². The molecule has 0 amide bonds. The molecule has 0 aromatic heterocycles. The van der Waals surface area contributed by atoms with Gasteiger partial charge in [0.05, 0.1) is 40.7 Å². The Kier molecular flexibility index (Phi) is 12.9. The van der Waals surface area contributed by atoms with Gasteiger partial charge in [0.1, 0.15) is 21.6 Å². The van der Waals surface area contributed by atoms with Gasteiger partial charge in [-0.1, -0.05) is 0 Å². The molecule has 2 aromatic rings. The summed E-state index contributed by atoms with van der Waals surface area (Å²) in [5.41, 5.74) is 0.611. The molecule has 3 rings (SSSR count). The minimum atomic E-state index is -5.05. The zero-order valence-corrected chi connectivity index (χ0v) is 27.6. The first-order valence-corrected chi connectivity index (χ1v) is 14.4. The number of hydrogen-bond acceptors (Lipinski definition) is 14. The molecule has 200 valence electrons. The fourth-order valence-corrected chi connectivity index (χ4v) is 5.06. The van der Waals surface area contributed by atoms with Crippen molar-refractivity contribution in [1.82, 2.24) is 0 Å². The van der Waals surface area contributed by atoms with Gasteiger partial charge in [0.15, 0.2) is 21.7 Å². The summed E-state index contributed by atoms with van der Waals surface area (Å²) < 4.78 is 99.2. The van der Waals surface area contributed by atoms with Crippen LogP contribution >= 0.6 is 0 Å². The summed E-state index contributed by atoms with van der Waals surface area (Å²) >= 11 is 0. The van der Waals surface area contributed by atoms with Crippen molar-refractivity contribution in [1.29, 1.82) is 5.41 Å². The van der Waals surface area contributed by atoms with Crippen LogP contribution in [0.25, 0.3) is 0 Å². The van der Waals surface area contributed by atoms with Crippen LogP contribution in [0.15, 0.2) is 67.6 Å². The van der Waals surface area contributed by atoms with Gasteiger partial charge in [0.25, 0.3) is 0 Å². The van der Waals surface area contributed by atoms with Crippen molar-refractivity contribution in [2.75, 3.05) is 24.5 Å². The van der Waals surface area contributed by atoms with Crippen LogP contribution in [0.2, 0.25) is 0 Å². The van der Waals surface area contributed by atoms with Crippen molar-refractivity contribution in [3.63, 3.8) is 0 Å². The van der Waals surface area contributed by atoms with E-state index in [1.807, 2.05) is 0 Å². The maximum atomic E-state index is 12.5. The van der Waals surface area contributed by atoms with Crippen LogP contribution in [-0.2, 0) is 34.5 Å². The number of rotatable bonds is 10. The predicted octanol–water partition coefficient (Wildman–Crippen LogP) is -4.82. The predicted molar refractivity (Wildman–Crippen MR) is 127 cm³/mol. The maximum Gasteiger partial charge on any atom is 1.00 e. The molecule has 0 fully saturated rings. The summed E-state index contributed by atoms with van der Waals surface area (Å²) in [6, 6.07) is 7.39. The molecule has 0 bridgehead atoms. The number of ether oxygens (including phenoxy) is 1. The summed E-state index contributed by atoms with van der Waals surface area (Å²) in [4.78, 5) is -0.710. The summed E-state index contributed by atoms with van der Waals surface area (Å²) in [6.45, 7) is 0.695. The van der Waals surface area contributed by atoms with Crippen LogP contribution in [0.3, 0.4) is 0 Å². The average molecular weight is 620 g/mol. The average Bonchev–Trinajstić information content (AvgIpc) is 3.09. The number of hydrogen-bond donors (Lipinski definition) is 1. The second kappa shape index (κ2) is 14.1. The summed E-state index contributed by atoms with van der Waals surface area (Å²) in [6.07, 6.45) is 0. The Bertz CT molecular complexity index is 1600. The van der Waals surface area contributed by atoms with Gasteiger partial charge >= 0.3 is 59.1 Å². The summed E-state index contributed by atoms with van der Waals surface area (Å²) in [5, 5.41) is 21.9. The van der Waals surface area contributed by atoms with Crippen molar-refractivity contribution in [2.24, 2.45) is 15.3 Å². The van der Waals surface area contributed by atoms with E-state index >= 15 is 0 Å². The molecule has 1 aliphatic rings. The Hall–Kier alpha value is -1.29. The molecule has 0 saturated carbocycles. The van der Waals surface area contributed by atoms with Crippen LogP contribution in [0.5, 0.6) is 5.75 Å². The van der Waals surface area contributed by atoms with E-state index in [1.165, 1.54) is 36.4 Å². The van der Waals surface area contributed by atoms with E-state index in [2.05, 4.69) is 19.5 Å². The molecule has 20 heteroatoms. The van der Waals surface area contributed by atoms with Gasteiger partial charge in [-0.2, -0.15) is 15.3 Å². The van der Waals surface area contributed by atoms with Gasteiger partial charge in [-0.15, -0.1) is 0 Å². The van der Waals surface area contributed by atoms with Gasteiger partial charge in [0.2, 0.25) is 10.4 Å². The SMILES string of the molecule is COc1ccc(S(=O)(=O)CCOS(=O)(=O)[O-])cc1N=NC1C(=N)N(c2ccc(S(=O)(=O)[O-])cc2)N=C1C.[Na+].[Na+]. The fraction of sp³-hybridized carbons (Fsp3) is 0.263. The monoisotopic (exact) mass is 619 g/mol. The summed E-state index contributed by atoms with van der Waals surface area (Å²) in [5.74, 6) is -0.804. The first-order valence-electron chi connectivity index (χ1n) is 10.0. The Balaban J connectivity index is 0.00000380. The molecule has 0 radical (unpaired) electrons. The Morgan fingerprint density at radius 2 is 1.59 bits per heavy atom. The second-order valence-corrected chi connectivity index (χ2v) is 11.9. The number of nitrogens with one attached hydrogen (secondary N) is 1. The first kappa shape index (κ1) is 35.7. The number of methoxy groups -OCH3 is 1. The van der Waals surface area contributed by atoms with Crippen LogP contribution in [0.4, 0.5) is 11.4 Å². The number of anilines is 1. The zero-order valence-electron chi connectivity index (χ0n) is 21.1. The molecule has 1 heterocycles. The third-order valence-electron chi connectivity index (χ3n) is 4.88. The second-order valence-electron chi connectivity index (χ2n) is 7.39. The number of azo groups is 1. The van der Waals surface area contributed by atoms with Crippen LogP contribution in [-0.4, -0.2) is 71.4 Å².